The van der Waals surface area contributed by atoms with Crippen LogP contribution in [0, 0.1) is 0 Å². The van der Waals surface area contributed by atoms with Gasteiger partial charge in [0.05, 0.1) is 0 Å². The minimum absolute atomic E-state index is 0.0407. The standard InChI is InChI=1S/C18H19NO3S/c1-13(23-14(2)20)16-10-6-7-11-17(16)19-18(21)22-12-15-8-4-3-5-9-15/h3-11,13H,12H2,1-2H3,(H,19,21). The molecule has 120 valence electrons. The zero-order valence-corrected chi connectivity index (χ0v) is 13.9. The van der Waals surface area contributed by atoms with Crippen molar-refractivity contribution in [1.29, 1.82) is 0 Å². The number of hydrogen-bond donors (Lipinski definition) is 1. The fourth-order valence-corrected chi connectivity index (χ4v) is 2.98. The Balaban J connectivity index is 1.99. The third-order valence-corrected chi connectivity index (χ3v) is 4.13. The molecule has 0 saturated carbocycles. The Morgan fingerprint density at radius 3 is 2.43 bits per heavy atom. The van der Waals surface area contributed by atoms with E-state index in [0.29, 0.717) is 5.69 Å². The van der Waals surface area contributed by atoms with Gasteiger partial charge in [-0.25, -0.2) is 4.79 Å². The summed E-state index contributed by atoms with van der Waals surface area (Å²) < 4.78 is 5.22. The van der Waals surface area contributed by atoms with Crippen LogP contribution in [0.5, 0.6) is 0 Å². The molecule has 0 aromatic heterocycles. The van der Waals surface area contributed by atoms with E-state index in [1.165, 1.54) is 18.7 Å². The van der Waals surface area contributed by atoms with E-state index in [-0.39, 0.29) is 17.0 Å². The van der Waals surface area contributed by atoms with Gasteiger partial charge in [-0.1, -0.05) is 60.3 Å². The summed E-state index contributed by atoms with van der Waals surface area (Å²) in [5, 5.41) is 2.75. The molecule has 1 amide bonds. The third kappa shape index (κ3) is 5.45. The molecule has 0 heterocycles. The summed E-state index contributed by atoms with van der Waals surface area (Å²) >= 11 is 1.23. The van der Waals surface area contributed by atoms with Gasteiger partial charge in [-0.15, -0.1) is 0 Å². The number of anilines is 1. The normalized spacial score (nSPS) is 11.6. The molecule has 23 heavy (non-hydrogen) atoms. The summed E-state index contributed by atoms with van der Waals surface area (Å²) in [5.41, 5.74) is 2.48. The number of amides is 1. The summed E-state index contributed by atoms with van der Waals surface area (Å²) in [6.45, 7) is 3.68. The lowest BCUT2D eigenvalue weighted by molar-refractivity contribution is -0.109. The van der Waals surface area contributed by atoms with E-state index >= 15 is 0 Å². The molecule has 2 rings (SSSR count). The minimum atomic E-state index is -0.513. The van der Waals surface area contributed by atoms with E-state index in [4.69, 9.17) is 4.74 Å². The highest BCUT2D eigenvalue weighted by Gasteiger charge is 2.15. The van der Waals surface area contributed by atoms with Crippen molar-refractivity contribution in [2.24, 2.45) is 0 Å². The lowest BCUT2D eigenvalue weighted by Crippen LogP contribution is -2.15. The lowest BCUT2D eigenvalue weighted by Gasteiger charge is -2.15. The minimum Gasteiger partial charge on any atom is -0.444 e. The van der Waals surface area contributed by atoms with Crippen LogP contribution < -0.4 is 5.32 Å². The fraction of sp³-hybridized carbons (Fsp3) is 0.222. The van der Waals surface area contributed by atoms with Gasteiger partial charge in [0.2, 0.25) is 0 Å². The average molecular weight is 329 g/mol. The highest BCUT2D eigenvalue weighted by Crippen LogP contribution is 2.33. The first kappa shape index (κ1) is 17.1. The molecular weight excluding hydrogens is 310 g/mol. The Morgan fingerprint density at radius 1 is 1.09 bits per heavy atom. The second-order valence-electron chi connectivity index (χ2n) is 5.03. The first-order valence-corrected chi connectivity index (χ1v) is 8.18. The van der Waals surface area contributed by atoms with Gasteiger partial charge >= 0.3 is 6.09 Å². The van der Waals surface area contributed by atoms with Gasteiger partial charge < -0.3 is 4.74 Å². The van der Waals surface area contributed by atoms with E-state index in [1.807, 2.05) is 55.5 Å². The average Bonchev–Trinajstić information content (AvgIpc) is 2.54. The van der Waals surface area contributed by atoms with Gasteiger partial charge in [0.1, 0.15) is 6.61 Å². The molecule has 0 fully saturated rings. The van der Waals surface area contributed by atoms with Gasteiger partial charge in [-0.2, -0.15) is 0 Å². The van der Waals surface area contributed by atoms with Crippen molar-refractivity contribution in [3.63, 3.8) is 0 Å². The molecule has 1 N–H and O–H groups in total. The van der Waals surface area contributed by atoms with Crippen molar-refractivity contribution in [1.82, 2.24) is 0 Å². The van der Waals surface area contributed by atoms with Crippen LogP contribution in [0.2, 0.25) is 0 Å². The number of benzene rings is 2. The van der Waals surface area contributed by atoms with Crippen LogP contribution in [0.15, 0.2) is 54.6 Å². The van der Waals surface area contributed by atoms with Crippen molar-refractivity contribution in [2.75, 3.05) is 5.32 Å². The molecule has 1 atom stereocenters. The quantitative estimate of drug-likeness (QED) is 0.858. The smallest absolute Gasteiger partial charge is 0.411 e. The highest BCUT2D eigenvalue weighted by molar-refractivity contribution is 8.13. The van der Waals surface area contributed by atoms with Crippen LogP contribution >= 0.6 is 11.8 Å². The van der Waals surface area contributed by atoms with Gasteiger partial charge in [0.15, 0.2) is 5.12 Å². The zero-order valence-electron chi connectivity index (χ0n) is 13.1. The second-order valence-corrected chi connectivity index (χ2v) is 6.54. The largest absolute Gasteiger partial charge is 0.444 e. The Hall–Kier alpha value is -2.27. The van der Waals surface area contributed by atoms with Crippen molar-refractivity contribution in [3.8, 4) is 0 Å². The molecule has 0 bridgehead atoms. The van der Waals surface area contributed by atoms with Crippen LogP contribution in [-0.2, 0) is 16.1 Å². The van der Waals surface area contributed by atoms with E-state index in [0.717, 1.165) is 11.1 Å². The van der Waals surface area contributed by atoms with E-state index in [1.54, 1.807) is 6.07 Å². The second kappa shape index (κ2) is 8.39. The molecule has 4 nitrogen and oxygen atoms in total. The Morgan fingerprint density at radius 2 is 1.74 bits per heavy atom. The van der Waals surface area contributed by atoms with Crippen LogP contribution in [0.4, 0.5) is 10.5 Å². The maximum atomic E-state index is 12.0. The van der Waals surface area contributed by atoms with E-state index in [9.17, 15) is 9.59 Å². The maximum Gasteiger partial charge on any atom is 0.411 e. The molecule has 5 heteroatoms. The number of carbonyl (C=O) groups excluding carboxylic acids is 2. The van der Waals surface area contributed by atoms with Gasteiger partial charge in [0.25, 0.3) is 0 Å². The van der Waals surface area contributed by atoms with E-state index in [2.05, 4.69) is 5.32 Å². The summed E-state index contributed by atoms with van der Waals surface area (Å²) in [7, 11) is 0. The predicted octanol–water partition coefficient (Wildman–Crippen LogP) is 4.78. The van der Waals surface area contributed by atoms with Gasteiger partial charge in [-0.05, 0) is 24.1 Å². The molecule has 0 aliphatic heterocycles. The number of nitrogens with one attached hydrogen (secondary N) is 1. The lowest BCUT2D eigenvalue weighted by atomic mass is 10.1. The van der Waals surface area contributed by atoms with Gasteiger partial charge in [0, 0.05) is 17.9 Å². The number of hydrogen-bond acceptors (Lipinski definition) is 4. The van der Waals surface area contributed by atoms with Gasteiger partial charge in [-0.3, -0.25) is 10.1 Å². The first-order valence-electron chi connectivity index (χ1n) is 7.30. The highest BCUT2D eigenvalue weighted by atomic mass is 32.2. The third-order valence-electron chi connectivity index (χ3n) is 3.19. The number of ether oxygens (including phenoxy) is 1. The SMILES string of the molecule is CC(=O)SC(C)c1ccccc1NC(=O)OCc1ccccc1. The van der Waals surface area contributed by atoms with E-state index < -0.39 is 6.09 Å². The first-order chi connectivity index (χ1) is 11.1. The fourth-order valence-electron chi connectivity index (χ4n) is 2.15. The van der Waals surface area contributed by atoms with Crippen molar-refractivity contribution < 1.29 is 14.3 Å². The number of rotatable bonds is 5. The number of carbonyl (C=O) groups is 2. The summed E-state index contributed by atoms with van der Waals surface area (Å²) in [6.07, 6.45) is -0.513. The van der Waals surface area contributed by atoms with Crippen molar-refractivity contribution in [2.45, 2.75) is 25.7 Å². The van der Waals surface area contributed by atoms with Crippen LogP contribution in [0.25, 0.3) is 0 Å². The number of para-hydroxylation sites is 1. The Labute approximate surface area is 140 Å². The Bertz CT molecular complexity index is 673. The van der Waals surface area contributed by atoms with Crippen molar-refractivity contribution in [3.05, 3.63) is 65.7 Å². The molecule has 0 aliphatic carbocycles. The zero-order chi connectivity index (χ0) is 16.7. The van der Waals surface area contributed by atoms with Crippen LogP contribution in [0.1, 0.15) is 30.2 Å². The summed E-state index contributed by atoms with van der Waals surface area (Å²) in [4.78, 5) is 23.2. The molecule has 0 radical (unpaired) electrons. The topological polar surface area (TPSA) is 55.4 Å². The molecule has 1 unspecified atom stereocenters. The van der Waals surface area contributed by atoms with Crippen LogP contribution in [0.3, 0.4) is 0 Å². The molecule has 0 spiro atoms. The van der Waals surface area contributed by atoms with Crippen molar-refractivity contribution >= 4 is 28.7 Å². The molecule has 0 aliphatic rings. The summed E-state index contributed by atoms with van der Waals surface area (Å²) in [5.74, 6) is 0. The summed E-state index contributed by atoms with van der Waals surface area (Å²) in [6, 6.07) is 16.9. The predicted molar refractivity (Wildman–Crippen MR) is 93.4 cm³/mol. The molecule has 2 aromatic carbocycles. The Kier molecular flexibility index (Phi) is 6.23. The molecule has 0 saturated heterocycles. The monoisotopic (exact) mass is 329 g/mol. The molecule has 2 aromatic rings. The van der Waals surface area contributed by atoms with Crippen LogP contribution in [-0.4, -0.2) is 11.2 Å². The molecular formula is C18H19NO3S. The number of thioether (sulfide) groups is 1. The maximum absolute atomic E-state index is 12.0.